The van der Waals surface area contributed by atoms with Crippen LogP contribution in [0.15, 0.2) is 6.33 Å². The molecule has 0 amide bonds. The maximum absolute atomic E-state index is 4.49. The van der Waals surface area contributed by atoms with Crippen LogP contribution in [-0.4, -0.2) is 22.6 Å². The van der Waals surface area contributed by atoms with Crippen LogP contribution in [0.1, 0.15) is 65.4 Å². The molecular formula is C17H30N4. The van der Waals surface area contributed by atoms with Crippen LogP contribution in [-0.2, 0) is 6.42 Å². The van der Waals surface area contributed by atoms with Crippen molar-refractivity contribution in [2.24, 2.45) is 5.41 Å². The van der Waals surface area contributed by atoms with Gasteiger partial charge in [-0.2, -0.15) is 0 Å². The summed E-state index contributed by atoms with van der Waals surface area (Å²) in [6, 6.07) is 0.553. The van der Waals surface area contributed by atoms with E-state index >= 15 is 0 Å². The Morgan fingerprint density at radius 3 is 2.43 bits per heavy atom. The van der Waals surface area contributed by atoms with Crippen LogP contribution in [0.2, 0.25) is 0 Å². The Bertz CT molecular complexity index is 446. The van der Waals surface area contributed by atoms with Gasteiger partial charge in [-0.1, -0.05) is 27.7 Å². The molecule has 118 valence electrons. The minimum absolute atomic E-state index is 0.505. The number of rotatable bonds is 6. The summed E-state index contributed by atoms with van der Waals surface area (Å²) in [4.78, 5) is 8.89. The van der Waals surface area contributed by atoms with Crippen molar-refractivity contribution in [3.8, 4) is 0 Å². The summed E-state index contributed by atoms with van der Waals surface area (Å²) < 4.78 is 0. The van der Waals surface area contributed by atoms with Gasteiger partial charge in [0.05, 0.1) is 0 Å². The van der Waals surface area contributed by atoms with E-state index in [0.717, 1.165) is 31.0 Å². The van der Waals surface area contributed by atoms with Crippen LogP contribution < -0.4 is 10.6 Å². The van der Waals surface area contributed by atoms with Crippen molar-refractivity contribution in [3.05, 3.63) is 11.9 Å². The molecule has 1 aliphatic carbocycles. The van der Waals surface area contributed by atoms with Crippen molar-refractivity contribution >= 4 is 11.6 Å². The largest absolute Gasteiger partial charge is 0.370 e. The number of aromatic nitrogens is 2. The fraction of sp³-hybridized carbons (Fsp3) is 0.765. The molecule has 1 saturated carbocycles. The summed E-state index contributed by atoms with van der Waals surface area (Å²) in [6.45, 7) is 10.0. The fourth-order valence-electron chi connectivity index (χ4n) is 3.00. The van der Waals surface area contributed by atoms with Crippen molar-refractivity contribution in [2.75, 3.05) is 17.2 Å². The van der Waals surface area contributed by atoms with E-state index < -0.39 is 0 Å². The second-order valence-corrected chi connectivity index (χ2v) is 6.91. The number of hydrogen-bond acceptors (Lipinski definition) is 4. The second-order valence-electron chi connectivity index (χ2n) is 6.91. The van der Waals surface area contributed by atoms with Crippen molar-refractivity contribution in [3.63, 3.8) is 0 Å². The van der Waals surface area contributed by atoms with E-state index in [1.165, 1.54) is 31.2 Å². The number of anilines is 2. The van der Waals surface area contributed by atoms with Gasteiger partial charge in [0.15, 0.2) is 0 Å². The van der Waals surface area contributed by atoms with Crippen molar-refractivity contribution in [1.29, 1.82) is 0 Å². The quantitative estimate of drug-likeness (QED) is 0.822. The fourth-order valence-corrected chi connectivity index (χ4v) is 3.00. The lowest BCUT2D eigenvalue weighted by Gasteiger charge is -2.35. The summed E-state index contributed by atoms with van der Waals surface area (Å²) in [7, 11) is 0. The van der Waals surface area contributed by atoms with E-state index in [0.29, 0.717) is 11.5 Å². The van der Waals surface area contributed by atoms with Crippen LogP contribution in [0.5, 0.6) is 0 Å². The van der Waals surface area contributed by atoms with Crippen molar-refractivity contribution < 1.29 is 0 Å². The lowest BCUT2D eigenvalue weighted by molar-refractivity contribution is 0.232. The van der Waals surface area contributed by atoms with E-state index in [-0.39, 0.29) is 0 Å². The van der Waals surface area contributed by atoms with Gasteiger partial charge in [0, 0.05) is 18.2 Å². The average Bonchev–Trinajstić information content (AvgIpc) is 2.47. The Kier molecular flexibility index (Phi) is 5.43. The molecule has 0 bridgehead atoms. The third kappa shape index (κ3) is 4.32. The standard InChI is InChI=1S/C17H30N4/c1-5-11-18-15-14(6-2)16(20-12-19-15)21-13-7-9-17(3,4)10-8-13/h12-13H,5-11H2,1-4H3,(H2,18,19,20,21). The Labute approximate surface area is 129 Å². The summed E-state index contributed by atoms with van der Waals surface area (Å²) in [5.74, 6) is 2.02. The second kappa shape index (κ2) is 7.10. The Hall–Kier alpha value is -1.32. The van der Waals surface area contributed by atoms with Crippen LogP contribution in [0, 0.1) is 5.41 Å². The molecule has 1 fully saturated rings. The van der Waals surface area contributed by atoms with Crippen LogP contribution >= 0.6 is 0 Å². The lowest BCUT2D eigenvalue weighted by Crippen LogP contribution is -2.30. The van der Waals surface area contributed by atoms with E-state index in [1.54, 1.807) is 6.33 Å². The molecule has 0 radical (unpaired) electrons. The molecular weight excluding hydrogens is 260 g/mol. The maximum Gasteiger partial charge on any atom is 0.134 e. The Morgan fingerprint density at radius 2 is 1.81 bits per heavy atom. The van der Waals surface area contributed by atoms with Crippen LogP contribution in [0.3, 0.4) is 0 Å². The molecule has 1 aromatic heterocycles. The normalized spacial score (nSPS) is 18.5. The minimum Gasteiger partial charge on any atom is -0.370 e. The molecule has 0 aromatic carbocycles. The summed E-state index contributed by atoms with van der Waals surface area (Å²) >= 11 is 0. The van der Waals surface area contributed by atoms with Crippen molar-refractivity contribution in [2.45, 2.75) is 72.3 Å². The monoisotopic (exact) mass is 290 g/mol. The smallest absolute Gasteiger partial charge is 0.134 e. The SMILES string of the molecule is CCCNc1ncnc(NC2CCC(C)(C)CC2)c1CC. The van der Waals surface area contributed by atoms with E-state index in [9.17, 15) is 0 Å². The highest BCUT2D eigenvalue weighted by molar-refractivity contribution is 5.57. The van der Waals surface area contributed by atoms with Crippen LogP contribution in [0.4, 0.5) is 11.6 Å². The molecule has 2 rings (SSSR count). The molecule has 4 nitrogen and oxygen atoms in total. The maximum atomic E-state index is 4.49. The number of hydrogen-bond donors (Lipinski definition) is 2. The highest BCUT2D eigenvalue weighted by Gasteiger charge is 2.27. The first kappa shape index (κ1) is 16.1. The number of nitrogens with one attached hydrogen (secondary N) is 2. The number of nitrogens with zero attached hydrogens (tertiary/aromatic N) is 2. The average molecular weight is 290 g/mol. The molecule has 1 heterocycles. The summed E-state index contributed by atoms with van der Waals surface area (Å²) in [6.07, 6.45) is 8.78. The van der Waals surface area contributed by atoms with E-state index in [2.05, 4.69) is 48.3 Å². The summed E-state index contributed by atoms with van der Waals surface area (Å²) in [5, 5.41) is 7.08. The summed E-state index contributed by atoms with van der Waals surface area (Å²) in [5.41, 5.74) is 1.72. The first-order valence-electron chi connectivity index (χ1n) is 8.40. The predicted molar refractivity (Wildman–Crippen MR) is 89.9 cm³/mol. The van der Waals surface area contributed by atoms with Crippen molar-refractivity contribution in [1.82, 2.24) is 9.97 Å². The molecule has 0 spiro atoms. The zero-order valence-electron chi connectivity index (χ0n) is 14.0. The zero-order chi connectivity index (χ0) is 15.3. The van der Waals surface area contributed by atoms with Gasteiger partial charge in [-0.25, -0.2) is 9.97 Å². The van der Waals surface area contributed by atoms with Gasteiger partial charge < -0.3 is 10.6 Å². The van der Waals surface area contributed by atoms with Gasteiger partial charge >= 0.3 is 0 Å². The van der Waals surface area contributed by atoms with Gasteiger partial charge in [0.2, 0.25) is 0 Å². The molecule has 4 heteroatoms. The first-order chi connectivity index (χ1) is 10.1. The molecule has 1 aromatic rings. The molecule has 21 heavy (non-hydrogen) atoms. The Balaban J connectivity index is 2.06. The topological polar surface area (TPSA) is 49.8 Å². The van der Waals surface area contributed by atoms with E-state index in [4.69, 9.17) is 0 Å². The molecule has 0 unspecified atom stereocenters. The molecule has 0 aliphatic heterocycles. The Morgan fingerprint density at radius 1 is 1.14 bits per heavy atom. The highest BCUT2D eigenvalue weighted by atomic mass is 15.1. The van der Waals surface area contributed by atoms with Crippen LogP contribution in [0.25, 0.3) is 0 Å². The first-order valence-corrected chi connectivity index (χ1v) is 8.40. The molecule has 1 aliphatic rings. The van der Waals surface area contributed by atoms with E-state index in [1.807, 2.05) is 0 Å². The molecule has 0 atom stereocenters. The van der Waals surface area contributed by atoms with Gasteiger partial charge in [-0.3, -0.25) is 0 Å². The van der Waals surface area contributed by atoms with Gasteiger partial charge in [0.1, 0.15) is 18.0 Å². The van der Waals surface area contributed by atoms with Gasteiger partial charge in [-0.15, -0.1) is 0 Å². The predicted octanol–water partition coefficient (Wildman–Crippen LogP) is 4.24. The highest BCUT2D eigenvalue weighted by Crippen LogP contribution is 2.36. The molecule has 0 saturated heterocycles. The van der Waals surface area contributed by atoms with Gasteiger partial charge in [-0.05, 0) is 43.9 Å². The molecule has 2 N–H and O–H groups in total. The lowest BCUT2D eigenvalue weighted by atomic mass is 9.75. The third-order valence-electron chi connectivity index (χ3n) is 4.52. The third-order valence-corrected chi connectivity index (χ3v) is 4.52. The zero-order valence-corrected chi connectivity index (χ0v) is 14.0. The minimum atomic E-state index is 0.505. The van der Waals surface area contributed by atoms with Gasteiger partial charge in [0.25, 0.3) is 0 Å².